The molecule has 1 saturated heterocycles. The molecule has 1 aliphatic heterocycles. The number of nitrogens with zero attached hydrogens (tertiary/aromatic N) is 1. The number of carboxylic acid groups (broad SMARTS) is 1. The average Bonchev–Trinajstić information content (AvgIpc) is 3.20. The molecule has 3 rings (SSSR count). The van der Waals surface area contributed by atoms with E-state index in [9.17, 15) is 19.5 Å². The highest BCUT2D eigenvalue weighted by Gasteiger charge is 2.45. The van der Waals surface area contributed by atoms with Crippen molar-refractivity contribution in [2.75, 3.05) is 13.1 Å². The normalized spacial score (nSPS) is 20.9. The van der Waals surface area contributed by atoms with Crippen molar-refractivity contribution in [1.29, 1.82) is 0 Å². The minimum Gasteiger partial charge on any atom is -0.481 e. The lowest BCUT2D eigenvalue weighted by atomic mass is 9.72. The maximum atomic E-state index is 13.1. The van der Waals surface area contributed by atoms with Gasteiger partial charge in [-0.25, -0.2) is 0 Å². The zero-order valence-corrected chi connectivity index (χ0v) is 15.8. The van der Waals surface area contributed by atoms with Gasteiger partial charge in [0.1, 0.15) is 6.04 Å². The molecule has 1 saturated carbocycles. The quantitative estimate of drug-likeness (QED) is 0.830. The third kappa shape index (κ3) is 3.99. The zero-order valence-electron chi connectivity index (χ0n) is 15.8. The standard InChI is InChI=1S/C21H28N2O4/c1-15(24)22-18(16-7-5-6-8-16)19(25)23-13-11-21(12-14-23,20(26)27)17-9-3-2-4-10-17/h2-4,9-10,16,18H,5-8,11-14H2,1H3,(H,22,24)(H,26,27)/t18-/m0/s1. The molecule has 0 spiro atoms. The van der Waals surface area contributed by atoms with Crippen LogP contribution in [0.2, 0.25) is 0 Å². The fourth-order valence-corrected chi connectivity index (χ4v) is 4.58. The molecule has 1 aromatic rings. The second kappa shape index (κ2) is 8.11. The minimum atomic E-state index is -0.950. The Morgan fingerprint density at radius 1 is 1.11 bits per heavy atom. The molecule has 1 atom stereocenters. The Bertz CT molecular complexity index is 689. The van der Waals surface area contributed by atoms with E-state index in [1.54, 1.807) is 4.90 Å². The molecule has 2 aliphatic rings. The van der Waals surface area contributed by atoms with Gasteiger partial charge in [0.15, 0.2) is 0 Å². The fourth-order valence-electron chi connectivity index (χ4n) is 4.58. The largest absolute Gasteiger partial charge is 0.481 e. The van der Waals surface area contributed by atoms with E-state index < -0.39 is 17.4 Å². The van der Waals surface area contributed by atoms with Gasteiger partial charge in [0.2, 0.25) is 11.8 Å². The lowest BCUT2D eigenvalue weighted by Gasteiger charge is -2.41. The highest BCUT2D eigenvalue weighted by atomic mass is 16.4. The Morgan fingerprint density at radius 2 is 1.70 bits per heavy atom. The van der Waals surface area contributed by atoms with Gasteiger partial charge in [-0.2, -0.15) is 0 Å². The van der Waals surface area contributed by atoms with Crippen LogP contribution in [0.15, 0.2) is 30.3 Å². The molecular weight excluding hydrogens is 344 g/mol. The highest BCUT2D eigenvalue weighted by Crippen LogP contribution is 2.37. The van der Waals surface area contributed by atoms with Crippen molar-refractivity contribution >= 4 is 17.8 Å². The van der Waals surface area contributed by atoms with Crippen LogP contribution < -0.4 is 5.32 Å². The van der Waals surface area contributed by atoms with Crippen LogP contribution >= 0.6 is 0 Å². The molecule has 1 aliphatic carbocycles. The molecule has 1 aromatic carbocycles. The summed E-state index contributed by atoms with van der Waals surface area (Å²) in [5.41, 5.74) is -0.159. The summed E-state index contributed by atoms with van der Waals surface area (Å²) in [7, 11) is 0. The van der Waals surface area contributed by atoms with Crippen LogP contribution in [0, 0.1) is 5.92 Å². The molecule has 27 heavy (non-hydrogen) atoms. The van der Waals surface area contributed by atoms with E-state index in [0.29, 0.717) is 25.9 Å². The van der Waals surface area contributed by atoms with Crippen LogP contribution in [0.5, 0.6) is 0 Å². The first-order valence-electron chi connectivity index (χ1n) is 9.79. The molecule has 0 aromatic heterocycles. The van der Waals surface area contributed by atoms with E-state index in [-0.39, 0.29) is 17.7 Å². The number of rotatable bonds is 5. The van der Waals surface area contributed by atoms with Gasteiger partial charge < -0.3 is 15.3 Å². The van der Waals surface area contributed by atoms with Crippen molar-refractivity contribution in [2.24, 2.45) is 5.92 Å². The molecule has 1 heterocycles. The van der Waals surface area contributed by atoms with Gasteiger partial charge in [-0.15, -0.1) is 0 Å². The van der Waals surface area contributed by atoms with Crippen molar-refractivity contribution < 1.29 is 19.5 Å². The molecule has 2 N–H and O–H groups in total. The number of likely N-dealkylation sites (tertiary alicyclic amines) is 1. The molecule has 0 bridgehead atoms. The van der Waals surface area contributed by atoms with Crippen LogP contribution in [-0.4, -0.2) is 46.9 Å². The number of hydrogen-bond acceptors (Lipinski definition) is 3. The van der Waals surface area contributed by atoms with Crippen LogP contribution in [-0.2, 0) is 19.8 Å². The van der Waals surface area contributed by atoms with E-state index in [0.717, 1.165) is 31.2 Å². The van der Waals surface area contributed by atoms with Crippen molar-refractivity contribution in [3.05, 3.63) is 35.9 Å². The van der Waals surface area contributed by atoms with E-state index in [1.165, 1.54) is 6.92 Å². The highest BCUT2D eigenvalue weighted by molar-refractivity contribution is 5.88. The Kier molecular flexibility index (Phi) is 5.82. The molecule has 6 heteroatoms. The summed E-state index contributed by atoms with van der Waals surface area (Å²) in [4.78, 5) is 38.5. The number of carbonyl (C=O) groups is 3. The summed E-state index contributed by atoms with van der Waals surface area (Å²) < 4.78 is 0. The van der Waals surface area contributed by atoms with Crippen LogP contribution in [0.25, 0.3) is 0 Å². The summed E-state index contributed by atoms with van der Waals surface area (Å²) in [6.07, 6.45) is 4.85. The number of benzene rings is 1. The molecule has 2 amide bonds. The van der Waals surface area contributed by atoms with E-state index in [4.69, 9.17) is 0 Å². The van der Waals surface area contributed by atoms with Gasteiger partial charge in [-0.05, 0) is 37.2 Å². The summed E-state index contributed by atoms with van der Waals surface area (Å²) >= 11 is 0. The number of nitrogens with one attached hydrogen (secondary N) is 1. The molecule has 0 radical (unpaired) electrons. The van der Waals surface area contributed by atoms with Crippen LogP contribution in [0.4, 0.5) is 0 Å². The molecule has 146 valence electrons. The molecule has 0 unspecified atom stereocenters. The van der Waals surface area contributed by atoms with Crippen molar-refractivity contribution in [2.45, 2.75) is 56.9 Å². The summed E-state index contributed by atoms with van der Waals surface area (Å²) in [6.45, 7) is 2.22. The number of amides is 2. The predicted molar refractivity (Wildman–Crippen MR) is 101 cm³/mol. The second-order valence-electron chi connectivity index (χ2n) is 7.80. The predicted octanol–water partition coefficient (Wildman–Crippen LogP) is 2.33. The lowest BCUT2D eigenvalue weighted by Crippen LogP contribution is -2.56. The third-order valence-corrected chi connectivity index (χ3v) is 6.16. The minimum absolute atomic E-state index is 0.0656. The fraction of sp³-hybridized carbons (Fsp3) is 0.571. The number of piperidine rings is 1. The average molecular weight is 372 g/mol. The smallest absolute Gasteiger partial charge is 0.314 e. The number of carboxylic acids is 1. The summed E-state index contributed by atoms with van der Waals surface area (Å²) in [5, 5.41) is 12.8. The first-order chi connectivity index (χ1) is 12.9. The lowest BCUT2D eigenvalue weighted by molar-refractivity contribution is -0.149. The van der Waals surface area contributed by atoms with Crippen LogP contribution in [0.3, 0.4) is 0 Å². The van der Waals surface area contributed by atoms with Gasteiger partial charge in [0.05, 0.1) is 5.41 Å². The summed E-state index contributed by atoms with van der Waals surface area (Å²) in [6, 6.07) is 8.79. The number of carbonyl (C=O) groups excluding carboxylic acids is 2. The van der Waals surface area contributed by atoms with Gasteiger partial charge in [0.25, 0.3) is 0 Å². The SMILES string of the molecule is CC(=O)N[C@H](C(=O)N1CCC(C(=O)O)(c2ccccc2)CC1)C1CCCC1. The first-order valence-corrected chi connectivity index (χ1v) is 9.79. The van der Waals surface area contributed by atoms with E-state index >= 15 is 0 Å². The molecule has 2 fully saturated rings. The van der Waals surface area contributed by atoms with Gasteiger partial charge >= 0.3 is 5.97 Å². The Hall–Kier alpha value is -2.37. The van der Waals surface area contributed by atoms with Gasteiger partial charge in [0, 0.05) is 20.0 Å². The second-order valence-corrected chi connectivity index (χ2v) is 7.80. The zero-order chi connectivity index (χ0) is 19.4. The van der Waals surface area contributed by atoms with Crippen molar-refractivity contribution in [3.63, 3.8) is 0 Å². The maximum absolute atomic E-state index is 13.1. The van der Waals surface area contributed by atoms with Crippen molar-refractivity contribution in [1.82, 2.24) is 10.2 Å². The molecule has 6 nitrogen and oxygen atoms in total. The Labute approximate surface area is 159 Å². The van der Waals surface area contributed by atoms with Crippen LogP contribution in [0.1, 0.15) is 51.0 Å². The summed E-state index contributed by atoms with van der Waals surface area (Å²) in [5.74, 6) is -0.915. The Balaban J connectivity index is 1.73. The van der Waals surface area contributed by atoms with E-state index in [1.807, 2.05) is 30.3 Å². The van der Waals surface area contributed by atoms with Crippen molar-refractivity contribution in [3.8, 4) is 0 Å². The topological polar surface area (TPSA) is 86.7 Å². The van der Waals surface area contributed by atoms with Gasteiger partial charge in [-0.3, -0.25) is 14.4 Å². The monoisotopic (exact) mass is 372 g/mol. The number of aliphatic carboxylic acids is 1. The van der Waals surface area contributed by atoms with E-state index in [2.05, 4.69) is 5.32 Å². The molecular formula is C21H28N2O4. The van der Waals surface area contributed by atoms with Gasteiger partial charge in [-0.1, -0.05) is 43.2 Å². The third-order valence-electron chi connectivity index (χ3n) is 6.16. The maximum Gasteiger partial charge on any atom is 0.314 e. The number of hydrogen-bond donors (Lipinski definition) is 2. The Morgan fingerprint density at radius 3 is 2.22 bits per heavy atom. The first kappa shape index (κ1) is 19.4.